The second-order valence-corrected chi connectivity index (χ2v) is 8.91. The van der Waals surface area contributed by atoms with Crippen LogP contribution in [0, 0.1) is 6.92 Å². The summed E-state index contributed by atoms with van der Waals surface area (Å²) in [4.78, 5) is 27.7. The van der Waals surface area contributed by atoms with Crippen molar-refractivity contribution >= 4 is 75.9 Å². The third-order valence-corrected chi connectivity index (χ3v) is 6.31. The molecule has 0 bridgehead atoms. The quantitative estimate of drug-likeness (QED) is 0.282. The Labute approximate surface area is 198 Å². The molecule has 0 spiro atoms. The SMILES string of the molecule is Cc1ccc(N2C(=O)/C(=C/c3ccc(Sc4ccc(Cl)cc4)o3)C(=O)NC2=S)cc1Cl. The van der Waals surface area contributed by atoms with E-state index in [2.05, 4.69) is 5.32 Å². The molecule has 0 saturated carbocycles. The van der Waals surface area contributed by atoms with Crippen molar-refractivity contribution in [2.75, 3.05) is 4.90 Å². The number of nitrogens with one attached hydrogen (secondary N) is 1. The van der Waals surface area contributed by atoms with Gasteiger partial charge in [0.15, 0.2) is 10.2 Å². The van der Waals surface area contributed by atoms with Crippen LogP contribution in [0.1, 0.15) is 11.3 Å². The van der Waals surface area contributed by atoms with Crippen molar-refractivity contribution < 1.29 is 14.0 Å². The predicted octanol–water partition coefficient (Wildman–Crippen LogP) is 5.88. The van der Waals surface area contributed by atoms with Crippen molar-refractivity contribution in [3.05, 3.63) is 81.5 Å². The number of rotatable bonds is 4. The number of thiocarbonyl (C=S) groups is 1. The van der Waals surface area contributed by atoms with Crippen molar-refractivity contribution in [3.8, 4) is 0 Å². The van der Waals surface area contributed by atoms with Crippen LogP contribution < -0.4 is 10.2 Å². The predicted molar refractivity (Wildman–Crippen MR) is 127 cm³/mol. The highest BCUT2D eigenvalue weighted by molar-refractivity contribution is 7.99. The summed E-state index contributed by atoms with van der Waals surface area (Å²) in [5.41, 5.74) is 1.24. The molecule has 5 nitrogen and oxygen atoms in total. The molecule has 1 aliphatic rings. The smallest absolute Gasteiger partial charge is 0.270 e. The van der Waals surface area contributed by atoms with Gasteiger partial charge in [-0.15, -0.1) is 0 Å². The number of amides is 2. The Morgan fingerprint density at radius 3 is 2.52 bits per heavy atom. The Kier molecular flexibility index (Phi) is 6.20. The van der Waals surface area contributed by atoms with E-state index in [-0.39, 0.29) is 10.7 Å². The van der Waals surface area contributed by atoms with Gasteiger partial charge >= 0.3 is 0 Å². The van der Waals surface area contributed by atoms with Crippen LogP contribution >= 0.6 is 47.2 Å². The third kappa shape index (κ3) is 4.70. The zero-order valence-electron chi connectivity index (χ0n) is 16.0. The molecule has 1 aliphatic heterocycles. The molecular formula is C22H14Cl2N2O3S2. The normalized spacial score (nSPS) is 15.5. The third-order valence-electron chi connectivity index (χ3n) is 4.44. The average Bonchev–Trinajstić information content (AvgIpc) is 3.16. The molecule has 1 aromatic heterocycles. The van der Waals surface area contributed by atoms with Crippen LogP contribution in [-0.4, -0.2) is 16.9 Å². The number of carbonyl (C=O) groups excluding carboxylic acids is 2. The van der Waals surface area contributed by atoms with Gasteiger partial charge < -0.3 is 4.42 Å². The molecule has 4 rings (SSSR count). The van der Waals surface area contributed by atoms with Crippen LogP contribution in [0.4, 0.5) is 5.69 Å². The van der Waals surface area contributed by atoms with Crippen LogP contribution in [0.3, 0.4) is 0 Å². The highest BCUT2D eigenvalue weighted by Crippen LogP contribution is 2.31. The number of furan rings is 1. The van der Waals surface area contributed by atoms with E-state index in [1.165, 1.54) is 22.7 Å². The van der Waals surface area contributed by atoms with Gasteiger partial charge in [0.1, 0.15) is 11.3 Å². The lowest BCUT2D eigenvalue weighted by molar-refractivity contribution is -0.122. The molecule has 0 atom stereocenters. The first kappa shape index (κ1) is 21.6. The highest BCUT2D eigenvalue weighted by atomic mass is 35.5. The van der Waals surface area contributed by atoms with Crippen LogP contribution in [-0.2, 0) is 9.59 Å². The number of anilines is 1. The summed E-state index contributed by atoms with van der Waals surface area (Å²) in [7, 11) is 0. The standard InChI is InChI=1S/C22H14Cl2N2O3S2/c1-12-2-5-14(10-18(12)24)26-21(28)17(20(27)25-22(26)30)11-15-6-9-19(29-15)31-16-7-3-13(23)4-8-16/h2-11H,1H3,(H,25,27,30)/b17-11+. The zero-order chi connectivity index (χ0) is 22.1. The van der Waals surface area contributed by atoms with Gasteiger partial charge in [0.05, 0.1) is 5.69 Å². The first-order chi connectivity index (χ1) is 14.8. The topological polar surface area (TPSA) is 62.6 Å². The van der Waals surface area contributed by atoms with Crippen LogP contribution in [0.15, 0.2) is 74.6 Å². The molecule has 9 heteroatoms. The number of carbonyl (C=O) groups is 2. The Hall–Kier alpha value is -2.58. The summed E-state index contributed by atoms with van der Waals surface area (Å²) in [5, 5.41) is 4.28. The van der Waals surface area contributed by atoms with Crippen molar-refractivity contribution in [1.29, 1.82) is 0 Å². The van der Waals surface area contributed by atoms with Gasteiger partial charge in [0, 0.05) is 14.9 Å². The average molecular weight is 489 g/mol. The van der Waals surface area contributed by atoms with E-state index in [0.29, 0.717) is 26.6 Å². The highest BCUT2D eigenvalue weighted by Gasteiger charge is 2.35. The fraction of sp³-hybridized carbons (Fsp3) is 0.0455. The van der Waals surface area contributed by atoms with Crippen LogP contribution in [0.25, 0.3) is 6.08 Å². The van der Waals surface area contributed by atoms with Gasteiger partial charge in [-0.1, -0.05) is 41.0 Å². The molecule has 2 aromatic carbocycles. The summed E-state index contributed by atoms with van der Waals surface area (Å²) in [5.74, 6) is -0.783. The summed E-state index contributed by atoms with van der Waals surface area (Å²) < 4.78 is 5.77. The van der Waals surface area contributed by atoms with E-state index in [1.54, 1.807) is 42.5 Å². The number of hydrogen-bond acceptors (Lipinski definition) is 5. The molecule has 1 N–H and O–H groups in total. The van der Waals surface area contributed by atoms with Gasteiger partial charge in [0.25, 0.3) is 11.8 Å². The second-order valence-electron chi connectivity index (χ2n) is 6.60. The van der Waals surface area contributed by atoms with Crippen molar-refractivity contribution in [2.45, 2.75) is 16.9 Å². The van der Waals surface area contributed by atoms with Gasteiger partial charge in [-0.05, 0) is 79.3 Å². The second kappa shape index (κ2) is 8.88. The Balaban J connectivity index is 1.60. The number of benzene rings is 2. The van der Waals surface area contributed by atoms with Crippen molar-refractivity contribution in [2.24, 2.45) is 0 Å². The summed E-state index contributed by atoms with van der Waals surface area (Å²) in [6.45, 7) is 1.85. The van der Waals surface area contributed by atoms with Gasteiger partial charge in [-0.25, -0.2) is 0 Å². The molecule has 3 aromatic rings. The molecule has 2 heterocycles. The van der Waals surface area contributed by atoms with Gasteiger partial charge in [-0.3, -0.25) is 19.8 Å². The number of halogens is 2. The first-order valence-electron chi connectivity index (χ1n) is 9.03. The minimum Gasteiger partial charge on any atom is -0.450 e. The van der Waals surface area contributed by atoms with Gasteiger partial charge in [-0.2, -0.15) is 0 Å². The summed E-state index contributed by atoms with van der Waals surface area (Å²) in [6, 6.07) is 15.9. The molecule has 2 amide bonds. The van der Waals surface area contributed by atoms with Crippen molar-refractivity contribution in [1.82, 2.24) is 5.32 Å². The van der Waals surface area contributed by atoms with E-state index in [4.69, 9.17) is 39.8 Å². The van der Waals surface area contributed by atoms with E-state index in [1.807, 2.05) is 19.1 Å². The largest absolute Gasteiger partial charge is 0.450 e. The lowest BCUT2D eigenvalue weighted by Gasteiger charge is -2.29. The zero-order valence-corrected chi connectivity index (χ0v) is 19.2. The summed E-state index contributed by atoms with van der Waals surface area (Å²) in [6.07, 6.45) is 1.40. The van der Waals surface area contributed by atoms with E-state index in [9.17, 15) is 9.59 Å². The maximum absolute atomic E-state index is 13.1. The minimum atomic E-state index is -0.590. The lowest BCUT2D eigenvalue weighted by Crippen LogP contribution is -2.54. The van der Waals surface area contributed by atoms with Crippen molar-refractivity contribution in [3.63, 3.8) is 0 Å². The van der Waals surface area contributed by atoms with Crippen LogP contribution in [0.2, 0.25) is 10.0 Å². The van der Waals surface area contributed by atoms with Gasteiger partial charge in [0.2, 0.25) is 0 Å². The minimum absolute atomic E-state index is 0.00880. The number of hydrogen-bond donors (Lipinski definition) is 1. The lowest BCUT2D eigenvalue weighted by atomic mass is 10.1. The molecule has 0 aliphatic carbocycles. The molecular weight excluding hydrogens is 475 g/mol. The Morgan fingerprint density at radius 2 is 1.81 bits per heavy atom. The maximum Gasteiger partial charge on any atom is 0.270 e. The first-order valence-corrected chi connectivity index (χ1v) is 11.0. The summed E-state index contributed by atoms with van der Waals surface area (Å²) >= 11 is 18.7. The molecule has 1 saturated heterocycles. The molecule has 0 radical (unpaired) electrons. The Morgan fingerprint density at radius 1 is 1.06 bits per heavy atom. The number of nitrogens with zero attached hydrogens (tertiary/aromatic N) is 1. The fourth-order valence-electron chi connectivity index (χ4n) is 2.84. The number of aryl methyl sites for hydroxylation is 1. The molecule has 31 heavy (non-hydrogen) atoms. The van der Waals surface area contributed by atoms with E-state index < -0.39 is 11.8 Å². The van der Waals surface area contributed by atoms with E-state index >= 15 is 0 Å². The monoisotopic (exact) mass is 488 g/mol. The molecule has 0 unspecified atom stereocenters. The fourth-order valence-corrected chi connectivity index (χ4v) is 4.20. The molecule has 1 fully saturated rings. The maximum atomic E-state index is 13.1. The molecule has 156 valence electrons. The Bertz CT molecular complexity index is 1240. The van der Waals surface area contributed by atoms with E-state index in [0.717, 1.165) is 10.5 Å². The van der Waals surface area contributed by atoms with Crippen LogP contribution in [0.5, 0.6) is 0 Å².